The number of nitrogens with zero attached hydrogens (tertiary/aromatic N) is 2. The fraction of sp³-hybridized carbons (Fsp3) is 0.321. The molecule has 2 atom stereocenters. The highest BCUT2D eigenvalue weighted by molar-refractivity contribution is 6.30. The van der Waals surface area contributed by atoms with Crippen LogP contribution in [0, 0.1) is 5.92 Å². The van der Waals surface area contributed by atoms with Crippen LogP contribution in [0.15, 0.2) is 72.8 Å². The lowest BCUT2D eigenvalue weighted by molar-refractivity contribution is -0.125. The average Bonchev–Trinajstić information content (AvgIpc) is 2.88. The molecule has 3 aromatic carbocycles. The third-order valence-corrected chi connectivity index (χ3v) is 7.29. The zero-order chi connectivity index (χ0) is 23.5. The van der Waals surface area contributed by atoms with Gasteiger partial charge in [-0.2, -0.15) is 0 Å². The molecule has 0 radical (unpaired) electrons. The molecule has 3 aromatic rings. The van der Waals surface area contributed by atoms with Crippen molar-refractivity contribution in [1.29, 1.82) is 0 Å². The summed E-state index contributed by atoms with van der Waals surface area (Å²) in [6.45, 7) is 3.19. The fourth-order valence-corrected chi connectivity index (χ4v) is 5.43. The highest BCUT2D eigenvalue weighted by atomic mass is 35.5. The number of carbonyl (C=O) groups excluding carboxylic acids is 1. The average molecular weight is 476 g/mol. The second kappa shape index (κ2) is 9.98. The van der Waals surface area contributed by atoms with E-state index >= 15 is 0 Å². The molecule has 1 amide bonds. The number of hydrogen-bond donors (Lipinski definition) is 1. The summed E-state index contributed by atoms with van der Waals surface area (Å²) in [7, 11) is 1.68. The molecule has 6 heteroatoms. The number of rotatable bonds is 6. The van der Waals surface area contributed by atoms with E-state index in [2.05, 4.69) is 57.6 Å². The summed E-state index contributed by atoms with van der Waals surface area (Å²) in [5, 5.41) is 3.96. The third-order valence-electron chi connectivity index (χ3n) is 7.04. The molecule has 1 N–H and O–H groups in total. The smallest absolute Gasteiger partial charge is 0.225 e. The van der Waals surface area contributed by atoms with Crippen molar-refractivity contribution in [2.24, 2.45) is 5.92 Å². The minimum Gasteiger partial charge on any atom is -0.496 e. The highest BCUT2D eigenvalue weighted by Crippen LogP contribution is 2.37. The van der Waals surface area contributed by atoms with E-state index in [1.165, 1.54) is 11.3 Å². The predicted molar refractivity (Wildman–Crippen MR) is 138 cm³/mol. The topological polar surface area (TPSA) is 44.8 Å². The van der Waals surface area contributed by atoms with Crippen LogP contribution in [0.2, 0.25) is 5.02 Å². The maximum atomic E-state index is 13.5. The Kier molecular flexibility index (Phi) is 6.63. The van der Waals surface area contributed by atoms with Crippen LogP contribution in [0.4, 0.5) is 11.4 Å². The number of anilines is 2. The molecule has 2 unspecified atom stereocenters. The van der Waals surface area contributed by atoms with Gasteiger partial charge in [0.15, 0.2) is 0 Å². The van der Waals surface area contributed by atoms with Gasteiger partial charge in [0.25, 0.3) is 0 Å². The molecule has 2 aliphatic rings. The normalized spacial score (nSPS) is 19.2. The van der Waals surface area contributed by atoms with Crippen molar-refractivity contribution in [1.82, 2.24) is 5.32 Å². The van der Waals surface area contributed by atoms with Crippen LogP contribution < -0.4 is 19.9 Å². The molecule has 176 valence electrons. The third kappa shape index (κ3) is 4.58. The van der Waals surface area contributed by atoms with E-state index in [9.17, 15) is 4.79 Å². The maximum Gasteiger partial charge on any atom is 0.225 e. The quantitative estimate of drug-likeness (QED) is 0.567. The van der Waals surface area contributed by atoms with E-state index in [0.29, 0.717) is 6.54 Å². The molecule has 0 saturated carbocycles. The Morgan fingerprint density at radius 3 is 2.62 bits per heavy atom. The molecule has 5 rings (SSSR count). The van der Waals surface area contributed by atoms with Crippen LogP contribution in [0.5, 0.6) is 5.75 Å². The summed E-state index contributed by atoms with van der Waals surface area (Å²) in [5.74, 6) is 0.875. The van der Waals surface area contributed by atoms with Gasteiger partial charge in [0.2, 0.25) is 5.91 Å². The van der Waals surface area contributed by atoms with E-state index in [4.69, 9.17) is 16.3 Å². The van der Waals surface area contributed by atoms with Gasteiger partial charge in [-0.15, -0.1) is 0 Å². The van der Waals surface area contributed by atoms with Crippen molar-refractivity contribution in [3.05, 3.63) is 88.9 Å². The monoisotopic (exact) mass is 475 g/mol. The summed E-state index contributed by atoms with van der Waals surface area (Å²) in [6.07, 6.45) is 1.50. The van der Waals surface area contributed by atoms with Crippen LogP contribution in [0.3, 0.4) is 0 Å². The zero-order valence-corrected chi connectivity index (χ0v) is 20.2. The molecule has 5 nitrogen and oxygen atoms in total. The maximum absolute atomic E-state index is 13.5. The number of fused-ring (bicyclic) bond motifs is 3. The van der Waals surface area contributed by atoms with E-state index in [-0.39, 0.29) is 17.9 Å². The van der Waals surface area contributed by atoms with Crippen LogP contribution in [-0.2, 0) is 17.6 Å². The number of nitrogens with one attached hydrogen (secondary N) is 1. The van der Waals surface area contributed by atoms with Crippen molar-refractivity contribution in [3.8, 4) is 5.75 Å². The number of para-hydroxylation sites is 2. The van der Waals surface area contributed by atoms with E-state index < -0.39 is 0 Å². The van der Waals surface area contributed by atoms with Gasteiger partial charge in [-0.3, -0.25) is 4.79 Å². The van der Waals surface area contributed by atoms with Gasteiger partial charge in [0.1, 0.15) is 5.75 Å². The van der Waals surface area contributed by atoms with Crippen LogP contribution in [0.1, 0.15) is 11.1 Å². The van der Waals surface area contributed by atoms with Gasteiger partial charge in [0.05, 0.1) is 19.1 Å². The first-order chi connectivity index (χ1) is 16.6. The Balaban J connectivity index is 1.33. The highest BCUT2D eigenvalue weighted by Gasteiger charge is 2.41. The lowest BCUT2D eigenvalue weighted by atomic mass is 9.83. The summed E-state index contributed by atoms with van der Waals surface area (Å²) in [6, 6.07) is 24.6. The number of piperazine rings is 1. The minimum atomic E-state index is -0.109. The Morgan fingerprint density at radius 1 is 1.03 bits per heavy atom. The molecule has 0 aliphatic carbocycles. The molecule has 34 heavy (non-hydrogen) atoms. The number of ether oxygens (including phenoxy) is 1. The van der Waals surface area contributed by atoms with Crippen molar-refractivity contribution in [2.75, 3.05) is 43.1 Å². The molecule has 0 aromatic heterocycles. The molecular weight excluding hydrogens is 446 g/mol. The first-order valence-electron chi connectivity index (χ1n) is 11.9. The Bertz CT molecular complexity index is 1150. The SMILES string of the molecule is COc1ccccc1CCNC(=O)C1Cc2ccccc2N2CCN(c3ccc(Cl)cc3)CC12. The van der Waals surface area contributed by atoms with Gasteiger partial charge < -0.3 is 19.9 Å². The predicted octanol–water partition coefficient (Wildman–Crippen LogP) is 4.58. The summed E-state index contributed by atoms with van der Waals surface area (Å²) in [5.41, 5.74) is 4.77. The summed E-state index contributed by atoms with van der Waals surface area (Å²) < 4.78 is 5.46. The molecule has 1 fully saturated rings. The number of amides is 1. The number of methoxy groups -OCH3 is 1. The Hall–Kier alpha value is -3.18. The van der Waals surface area contributed by atoms with Crippen LogP contribution in [-0.4, -0.2) is 45.2 Å². The van der Waals surface area contributed by atoms with Gasteiger partial charge in [-0.05, 0) is 60.4 Å². The molecule has 2 aliphatic heterocycles. The number of hydrogen-bond acceptors (Lipinski definition) is 4. The fourth-order valence-electron chi connectivity index (χ4n) is 5.30. The van der Waals surface area contributed by atoms with Crippen molar-refractivity contribution in [2.45, 2.75) is 18.9 Å². The molecule has 0 spiro atoms. The van der Waals surface area contributed by atoms with Crippen LogP contribution >= 0.6 is 11.6 Å². The molecule has 1 saturated heterocycles. The Labute approximate surface area is 206 Å². The lowest BCUT2D eigenvalue weighted by Gasteiger charge is -2.49. The van der Waals surface area contributed by atoms with Crippen molar-refractivity contribution in [3.63, 3.8) is 0 Å². The molecular formula is C28H30ClN3O2. The second-order valence-electron chi connectivity index (χ2n) is 8.98. The van der Waals surface area contributed by atoms with E-state index in [1.54, 1.807) is 7.11 Å². The van der Waals surface area contributed by atoms with Gasteiger partial charge in [0, 0.05) is 42.6 Å². The molecule has 0 bridgehead atoms. The van der Waals surface area contributed by atoms with E-state index in [1.807, 2.05) is 30.3 Å². The second-order valence-corrected chi connectivity index (χ2v) is 9.41. The van der Waals surface area contributed by atoms with Gasteiger partial charge in [-0.1, -0.05) is 48.0 Å². The summed E-state index contributed by atoms with van der Waals surface area (Å²) in [4.78, 5) is 18.3. The number of benzene rings is 3. The number of carbonyl (C=O) groups is 1. The van der Waals surface area contributed by atoms with E-state index in [0.717, 1.165) is 54.5 Å². The Morgan fingerprint density at radius 2 is 1.79 bits per heavy atom. The van der Waals surface area contributed by atoms with Crippen LogP contribution in [0.25, 0.3) is 0 Å². The first-order valence-corrected chi connectivity index (χ1v) is 12.3. The standard InChI is InChI=1S/C28H30ClN3O2/c1-34-27-9-5-3-6-20(27)14-15-30-28(33)24-18-21-7-2-4-8-25(21)32-17-16-31(19-26(24)32)23-12-10-22(29)11-13-23/h2-13,24,26H,14-19H2,1H3,(H,30,33). The van der Waals surface area contributed by atoms with Gasteiger partial charge >= 0.3 is 0 Å². The minimum absolute atomic E-state index is 0.109. The first kappa shape index (κ1) is 22.6. The molecule has 2 heterocycles. The van der Waals surface area contributed by atoms with Crippen molar-refractivity contribution < 1.29 is 9.53 Å². The lowest BCUT2D eigenvalue weighted by Crippen LogP contribution is -2.61. The summed E-state index contributed by atoms with van der Waals surface area (Å²) >= 11 is 6.11. The number of halogens is 1. The largest absolute Gasteiger partial charge is 0.496 e. The van der Waals surface area contributed by atoms with Gasteiger partial charge in [-0.25, -0.2) is 0 Å². The zero-order valence-electron chi connectivity index (χ0n) is 19.4. The van der Waals surface area contributed by atoms with Crippen molar-refractivity contribution >= 4 is 28.9 Å².